The van der Waals surface area contributed by atoms with Gasteiger partial charge in [0.05, 0.1) is 6.61 Å². The molecule has 17 heavy (non-hydrogen) atoms. The minimum absolute atomic E-state index is 0.322. The molecule has 0 bridgehead atoms. The molecule has 1 unspecified atom stereocenters. The first kappa shape index (κ1) is 13.1. The number of allylic oxidation sites excluding steroid dienone is 2. The summed E-state index contributed by atoms with van der Waals surface area (Å²) in [6.45, 7) is 2.82. The van der Waals surface area contributed by atoms with E-state index in [0.717, 1.165) is 43.6 Å². The highest BCUT2D eigenvalue weighted by Crippen LogP contribution is 2.39. The van der Waals surface area contributed by atoms with Gasteiger partial charge in [0.1, 0.15) is 0 Å². The molecule has 0 aromatic carbocycles. The number of hydrogen-bond donors (Lipinski definition) is 0. The van der Waals surface area contributed by atoms with Crippen molar-refractivity contribution in [3.05, 3.63) is 11.1 Å². The molecule has 1 saturated heterocycles. The molecule has 1 atom stereocenters. The quantitative estimate of drug-likeness (QED) is 0.775. The van der Waals surface area contributed by atoms with Crippen LogP contribution in [0.3, 0.4) is 0 Å². The lowest BCUT2D eigenvalue weighted by molar-refractivity contribution is -0.143. The van der Waals surface area contributed by atoms with Crippen molar-refractivity contribution in [2.24, 2.45) is 0 Å². The Balaban J connectivity index is 1.99. The minimum atomic E-state index is -0.509. The Hall–Kier alpha value is -0.320. The van der Waals surface area contributed by atoms with Crippen LogP contribution in [-0.2, 0) is 14.3 Å². The molecule has 0 aromatic rings. The number of ether oxygens (including phenoxy) is 2. The zero-order valence-corrected chi connectivity index (χ0v) is 11.4. The van der Waals surface area contributed by atoms with Crippen molar-refractivity contribution in [3.8, 4) is 0 Å². The van der Waals surface area contributed by atoms with Crippen molar-refractivity contribution < 1.29 is 14.3 Å². The Morgan fingerprint density at radius 1 is 1.47 bits per heavy atom. The molecule has 2 aliphatic rings. The maximum atomic E-state index is 11.9. The van der Waals surface area contributed by atoms with Crippen LogP contribution in [0, 0.1) is 0 Å². The summed E-state index contributed by atoms with van der Waals surface area (Å²) in [5, 5.41) is -0.509. The molecule has 3 nitrogen and oxygen atoms in total. The Bertz CT molecular complexity index is 330. The molecule has 96 valence electrons. The molecule has 1 aliphatic carbocycles. The predicted octanol–water partition coefficient (Wildman–Crippen LogP) is 2.90. The molecule has 0 amide bonds. The van der Waals surface area contributed by atoms with Gasteiger partial charge in [0.15, 0.2) is 5.78 Å². The highest BCUT2D eigenvalue weighted by molar-refractivity contribution is 8.00. The lowest BCUT2D eigenvalue weighted by Gasteiger charge is -2.26. The van der Waals surface area contributed by atoms with Gasteiger partial charge in [-0.25, -0.2) is 0 Å². The van der Waals surface area contributed by atoms with Crippen molar-refractivity contribution in [2.75, 3.05) is 19.5 Å². The fourth-order valence-electron chi connectivity index (χ4n) is 2.49. The Morgan fingerprint density at radius 3 is 2.88 bits per heavy atom. The van der Waals surface area contributed by atoms with Crippen molar-refractivity contribution in [1.29, 1.82) is 0 Å². The van der Waals surface area contributed by atoms with Crippen LogP contribution in [0.2, 0.25) is 0 Å². The van der Waals surface area contributed by atoms with Crippen LogP contribution in [0.25, 0.3) is 0 Å². The van der Waals surface area contributed by atoms with Crippen molar-refractivity contribution in [1.82, 2.24) is 0 Å². The number of hydrogen-bond acceptors (Lipinski definition) is 4. The summed E-state index contributed by atoms with van der Waals surface area (Å²) >= 11 is 1.70. The predicted molar refractivity (Wildman–Crippen MR) is 68.9 cm³/mol. The summed E-state index contributed by atoms with van der Waals surface area (Å²) < 4.78 is 11.1. The van der Waals surface area contributed by atoms with Crippen LogP contribution >= 0.6 is 11.8 Å². The first-order chi connectivity index (χ1) is 8.17. The van der Waals surface area contributed by atoms with Crippen LogP contribution in [0.5, 0.6) is 0 Å². The van der Waals surface area contributed by atoms with Gasteiger partial charge in [-0.2, -0.15) is 0 Å². The molecule has 1 fully saturated rings. The zero-order chi connectivity index (χ0) is 12.3. The van der Waals surface area contributed by atoms with Gasteiger partial charge in [-0.15, -0.1) is 0 Å². The lowest BCUT2D eigenvalue weighted by atomic mass is 9.89. The summed E-state index contributed by atoms with van der Waals surface area (Å²) in [6, 6.07) is 0. The highest BCUT2D eigenvalue weighted by atomic mass is 32.2. The average Bonchev–Trinajstić information content (AvgIpc) is 2.78. The Labute approximate surface area is 107 Å². The number of rotatable bonds is 4. The first-order valence-electron chi connectivity index (χ1n) is 6.22. The monoisotopic (exact) mass is 256 g/mol. The minimum Gasteiger partial charge on any atom is -0.345 e. The molecular formula is C13H20O3S. The molecule has 0 aromatic heterocycles. The summed E-state index contributed by atoms with van der Waals surface area (Å²) in [6.07, 6.45) is 4.34. The summed E-state index contributed by atoms with van der Waals surface area (Å²) in [5.41, 5.74) is 2.28. The number of carbonyl (C=O) groups is 1. The molecule has 0 saturated carbocycles. The van der Waals surface area contributed by atoms with Gasteiger partial charge in [-0.05, 0) is 31.8 Å². The normalized spacial score (nSPS) is 30.1. The summed E-state index contributed by atoms with van der Waals surface area (Å²) in [4.78, 5) is 11.9. The Morgan fingerprint density at radius 2 is 2.29 bits per heavy atom. The van der Waals surface area contributed by atoms with E-state index < -0.39 is 5.12 Å². The maximum absolute atomic E-state index is 11.9. The van der Waals surface area contributed by atoms with Crippen molar-refractivity contribution in [2.45, 2.75) is 44.1 Å². The topological polar surface area (TPSA) is 35.5 Å². The molecule has 0 radical (unpaired) electrons. The summed E-state index contributed by atoms with van der Waals surface area (Å²) in [5.74, 6) is 1.29. The Kier molecular flexibility index (Phi) is 4.28. The van der Waals surface area contributed by atoms with E-state index in [4.69, 9.17) is 9.47 Å². The second-order valence-electron chi connectivity index (χ2n) is 4.62. The average molecular weight is 256 g/mol. The van der Waals surface area contributed by atoms with E-state index in [1.165, 1.54) is 5.57 Å². The van der Waals surface area contributed by atoms with Gasteiger partial charge < -0.3 is 9.47 Å². The number of methoxy groups -OCH3 is 1. The second kappa shape index (κ2) is 5.55. The largest absolute Gasteiger partial charge is 0.345 e. The first-order valence-corrected chi connectivity index (χ1v) is 7.20. The lowest BCUT2D eigenvalue weighted by Crippen LogP contribution is -2.27. The van der Waals surface area contributed by atoms with E-state index in [1.54, 1.807) is 18.9 Å². The number of Topliss-reactive ketones (excluding diaryl/α,β-unsaturated/α-hetero) is 1. The highest BCUT2D eigenvalue weighted by Gasteiger charge is 2.36. The fourth-order valence-corrected chi connectivity index (χ4v) is 3.49. The van der Waals surface area contributed by atoms with Crippen LogP contribution in [-0.4, -0.2) is 30.4 Å². The van der Waals surface area contributed by atoms with E-state index >= 15 is 0 Å². The molecular weight excluding hydrogens is 236 g/mol. The van der Waals surface area contributed by atoms with Gasteiger partial charge >= 0.3 is 0 Å². The van der Waals surface area contributed by atoms with E-state index in [0.29, 0.717) is 12.2 Å². The molecule has 0 N–H and O–H groups in total. The van der Waals surface area contributed by atoms with E-state index in [1.807, 2.05) is 0 Å². The van der Waals surface area contributed by atoms with E-state index in [-0.39, 0.29) is 0 Å². The summed E-state index contributed by atoms with van der Waals surface area (Å²) in [7, 11) is 1.68. The van der Waals surface area contributed by atoms with Gasteiger partial charge in [-0.3, -0.25) is 4.79 Å². The number of ketones is 1. The maximum Gasteiger partial charge on any atom is 0.218 e. The SMILES string of the molecule is COC1(CCC2=C(C)CCCC2=O)OCCS1. The third-order valence-electron chi connectivity index (χ3n) is 3.53. The smallest absolute Gasteiger partial charge is 0.218 e. The van der Waals surface area contributed by atoms with Gasteiger partial charge in [0, 0.05) is 25.7 Å². The molecule has 0 spiro atoms. The molecule has 1 aliphatic heterocycles. The zero-order valence-electron chi connectivity index (χ0n) is 10.6. The standard InChI is InChI=1S/C13H20O3S/c1-10-4-3-5-12(14)11(10)6-7-13(15-2)16-8-9-17-13/h3-9H2,1-2H3. The van der Waals surface area contributed by atoms with Gasteiger partial charge in [0.2, 0.25) is 5.12 Å². The van der Waals surface area contributed by atoms with Crippen molar-refractivity contribution in [3.63, 3.8) is 0 Å². The van der Waals surface area contributed by atoms with E-state index in [9.17, 15) is 4.79 Å². The van der Waals surface area contributed by atoms with Crippen LogP contribution in [0.1, 0.15) is 39.0 Å². The van der Waals surface area contributed by atoms with Crippen LogP contribution < -0.4 is 0 Å². The third kappa shape index (κ3) is 2.92. The molecule has 2 rings (SSSR count). The second-order valence-corrected chi connectivity index (χ2v) is 5.94. The third-order valence-corrected chi connectivity index (χ3v) is 4.83. The molecule has 1 heterocycles. The van der Waals surface area contributed by atoms with Crippen LogP contribution in [0.4, 0.5) is 0 Å². The van der Waals surface area contributed by atoms with Gasteiger partial charge in [0.25, 0.3) is 0 Å². The van der Waals surface area contributed by atoms with E-state index in [2.05, 4.69) is 6.92 Å². The number of thioether (sulfide) groups is 1. The fraction of sp³-hybridized carbons (Fsp3) is 0.769. The number of carbonyl (C=O) groups excluding carboxylic acids is 1. The van der Waals surface area contributed by atoms with Crippen LogP contribution in [0.15, 0.2) is 11.1 Å². The van der Waals surface area contributed by atoms with Crippen molar-refractivity contribution >= 4 is 17.5 Å². The van der Waals surface area contributed by atoms with Gasteiger partial charge in [-0.1, -0.05) is 17.3 Å². The molecule has 4 heteroatoms.